The Labute approximate surface area is 656 Å². The predicted molar refractivity (Wildman–Crippen MR) is 434 cm³/mol. The van der Waals surface area contributed by atoms with E-state index in [-0.39, 0.29) is 18.9 Å². The lowest BCUT2D eigenvalue weighted by molar-refractivity contribution is -0.379. The molecule has 0 spiro atoms. The highest BCUT2D eigenvalue weighted by molar-refractivity contribution is 5.76. The molecule has 3 aliphatic rings. The third kappa shape index (κ3) is 47.4. The number of carbonyl (C=O) groups is 1. The Balaban J connectivity index is 1.32. The lowest BCUT2D eigenvalue weighted by Gasteiger charge is -2.48. The lowest BCUT2D eigenvalue weighted by atomic mass is 9.96. The van der Waals surface area contributed by atoms with Gasteiger partial charge in [-0.25, -0.2) is 0 Å². The highest BCUT2D eigenvalue weighted by Crippen LogP contribution is 2.34. The smallest absolute Gasteiger partial charge is 0.220 e. The summed E-state index contributed by atoms with van der Waals surface area (Å²) >= 11 is 0. The molecule has 0 bridgehead atoms. The molecule has 3 saturated heterocycles. The van der Waals surface area contributed by atoms with E-state index in [0.717, 1.165) is 77.0 Å². The van der Waals surface area contributed by atoms with Gasteiger partial charge in [-0.15, -0.1) is 0 Å². The molecule has 0 aromatic carbocycles. The average molecular weight is 1540 g/mol. The first-order chi connectivity index (χ1) is 52.8. The second kappa shape index (κ2) is 68.9. The van der Waals surface area contributed by atoms with Crippen LogP contribution in [0.2, 0.25) is 0 Å². The number of rotatable bonds is 72. The van der Waals surface area contributed by atoms with E-state index in [2.05, 4.69) is 79.9 Å². The third-order valence-corrected chi connectivity index (χ3v) is 22.1. The molecular weight excluding hydrogens is 1370 g/mol. The number of aliphatic hydroxyl groups is 11. The van der Waals surface area contributed by atoms with Gasteiger partial charge in [0.05, 0.1) is 38.6 Å². The van der Waals surface area contributed by atoms with Gasteiger partial charge in [0.15, 0.2) is 18.9 Å². The molecule has 0 aliphatic carbocycles. The first-order valence-corrected chi connectivity index (χ1v) is 44.5. The maximum absolute atomic E-state index is 13.5. The van der Waals surface area contributed by atoms with Crippen molar-refractivity contribution >= 4 is 5.91 Å². The molecule has 3 heterocycles. The summed E-state index contributed by atoms with van der Waals surface area (Å²) in [6.45, 7) is 1.75. The summed E-state index contributed by atoms with van der Waals surface area (Å²) in [6.07, 6.45) is 63.2. The van der Waals surface area contributed by atoms with E-state index in [1.54, 1.807) is 0 Å². The van der Waals surface area contributed by atoms with Crippen LogP contribution in [-0.4, -0.2) is 193 Å². The molecule has 19 heteroatoms. The van der Waals surface area contributed by atoms with Crippen LogP contribution < -0.4 is 5.32 Å². The van der Waals surface area contributed by atoms with Crippen molar-refractivity contribution in [3.63, 3.8) is 0 Å². The Bertz CT molecular complexity index is 2180. The van der Waals surface area contributed by atoms with Gasteiger partial charge in [0.2, 0.25) is 5.91 Å². The SMILES string of the molecule is CC/C=C\C/C=C\C/C=C\C/C=C\C/C=C\CCCCCCCCCCCCCCCCCCCCCC(=O)NC(COC1OC(CO)C(OC2OC(CO)C(OC3OC(CO)C(O)C(O)C3O)C(O)C2O)C(O)C1O)C(O)CCCCCCCCCCCCCCCCCCCCCCCCCCCCCC. The van der Waals surface area contributed by atoms with Crippen LogP contribution in [0.1, 0.15) is 367 Å². The molecule has 0 aromatic rings. The van der Waals surface area contributed by atoms with Crippen LogP contribution in [-0.2, 0) is 33.2 Å². The second-order valence-corrected chi connectivity index (χ2v) is 31.7. The van der Waals surface area contributed by atoms with E-state index >= 15 is 0 Å². The molecule has 3 rings (SSSR count). The highest BCUT2D eigenvalue weighted by Gasteiger charge is 2.54. The number of aliphatic hydroxyl groups excluding tert-OH is 11. The maximum atomic E-state index is 13.5. The van der Waals surface area contributed by atoms with Gasteiger partial charge in [-0.1, -0.05) is 364 Å². The zero-order chi connectivity index (χ0) is 78.1. The van der Waals surface area contributed by atoms with Gasteiger partial charge in [-0.05, 0) is 57.8 Å². The van der Waals surface area contributed by atoms with Gasteiger partial charge >= 0.3 is 0 Å². The fraction of sp³-hybridized carbons (Fsp3) is 0.876. The van der Waals surface area contributed by atoms with Crippen molar-refractivity contribution in [2.24, 2.45) is 0 Å². The molecule has 17 unspecified atom stereocenters. The predicted octanol–water partition coefficient (Wildman–Crippen LogP) is 16.6. The first kappa shape index (κ1) is 99.7. The molecule has 3 fully saturated rings. The van der Waals surface area contributed by atoms with Crippen LogP contribution in [0, 0.1) is 0 Å². The van der Waals surface area contributed by atoms with E-state index in [4.69, 9.17) is 28.4 Å². The van der Waals surface area contributed by atoms with E-state index in [0.29, 0.717) is 12.8 Å². The van der Waals surface area contributed by atoms with E-state index in [1.807, 2.05) is 0 Å². The maximum Gasteiger partial charge on any atom is 0.220 e. The van der Waals surface area contributed by atoms with Crippen LogP contribution in [0.5, 0.6) is 0 Å². The molecule has 0 saturated carbocycles. The van der Waals surface area contributed by atoms with Crippen LogP contribution in [0.25, 0.3) is 0 Å². The van der Waals surface area contributed by atoms with Gasteiger partial charge in [-0.3, -0.25) is 4.79 Å². The summed E-state index contributed by atoms with van der Waals surface area (Å²) in [4.78, 5) is 13.5. The van der Waals surface area contributed by atoms with Gasteiger partial charge in [0.1, 0.15) is 73.2 Å². The molecular formula is C89H163NO18. The minimum atomic E-state index is -1.97. The van der Waals surface area contributed by atoms with Crippen LogP contribution in [0.3, 0.4) is 0 Å². The lowest BCUT2D eigenvalue weighted by Crippen LogP contribution is -2.66. The summed E-state index contributed by atoms with van der Waals surface area (Å²) in [7, 11) is 0. The number of nitrogens with one attached hydrogen (secondary N) is 1. The second-order valence-electron chi connectivity index (χ2n) is 31.7. The Morgan fingerprint density at radius 3 is 1.00 bits per heavy atom. The number of hydrogen-bond donors (Lipinski definition) is 12. The van der Waals surface area contributed by atoms with Gasteiger partial charge < -0.3 is 89.9 Å². The average Bonchev–Trinajstić information content (AvgIpc) is 0.774. The Hall–Kier alpha value is -2.51. The van der Waals surface area contributed by atoms with Crippen molar-refractivity contribution in [1.29, 1.82) is 0 Å². The molecule has 0 radical (unpaired) electrons. The fourth-order valence-electron chi connectivity index (χ4n) is 15.1. The zero-order valence-electron chi connectivity index (χ0n) is 68.1. The Kier molecular flexibility index (Phi) is 63.6. The molecule has 19 nitrogen and oxygen atoms in total. The minimum absolute atomic E-state index is 0.237. The van der Waals surface area contributed by atoms with Crippen molar-refractivity contribution in [2.45, 2.75) is 471 Å². The van der Waals surface area contributed by atoms with Crippen LogP contribution in [0.15, 0.2) is 60.8 Å². The summed E-state index contributed by atoms with van der Waals surface area (Å²) in [5.74, 6) is -0.237. The summed E-state index contributed by atoms with van der Waals surface area (Å²) in [5.41, 5.74) is 0. The molecule has 1 amide bonds. The highest BCUT2D eigenvalue weighted by atomic mass is 16.8. The number of allylic oxidation sites excluding steroid dienone is 10. The molecule has 0 aromatic heterocycles. The Morgan fingerprint density at radius 1 is 0.343 bits per heavy atom. The molecule has 12 N–H and O–H groups in total. The van der Waals surface area contributed by atoms with Gasteiger partial charge in [-0.2, -0.15) is 0 Å². The number of unbranched alkanes of at least 4 members (excludes halogenated alkanes) is 46. The molecule has 17 atom stereocenters. The molecule has 632 valence electrons. The van der Waals surface area contributed by atoms with Crippen LogP contribution >= 0.6 is 0 Å². The topological polar surface area (TPSA) is 307 Å². The largest absolute Gasteiger partial charge is 0.394 e. The van der Waals surface area contributed by atoms with E-state index < -0.39 is 124 Å². The van der Waals surface area contributed by atoms with Crippen molar-refractivity contribution in [1.82, 2.24) is 5.32 Å². The first-order valence-electron chi connectivity index (χ1n) is 44.5. The summed E-state index contributed by atoms with van der Waals surface area (Å²) in [5, 5.41) is 121. The van der Waals surface area contributed by atoms with Crippen molar-refractivity contribution < 1.29 is 89.4 Å². The van der Waals surface area contributed by atoms with E-state index in [9.17, 15) is 61.0 Å². The van der Waals surface area contributed by atoms with Crippen molar-refractivity contribution in [2.75, 3.05) is 26.4 Å². The number of amides is 1. The van der Waals surface area contributed by atoms with Crippen LogP contribution in [0.4, 0.5) is 0 Å². The quantitative estimate of drug-likeness (QED) is 0.0199. The molecule has 3 aliphatic heterocycles. The third-order valence-electron chi connectivity index (χ3n) is 22.1. The zero-order valence-corrected chi connectivity index (χ0v) is 68.1. The van der Waals surface area contributed by atoms with E-state index in [1.165, 1.54) is 257 Å². The number of carbonyl (C=O) groups excluding carboxylic acids is 1. The summed E-state index contributed by atoms with van der Waals surface area (Å²) < 4.78 is 34.6. The minimum Gasteiger partial charge on any atom is -0.394 e. The van der Waals surface area contributed by atoms with Crippen molar-refractivity contribution in [3.8, 4) is 0 Å². The Morgan fingerprint density at radius 2 is 0.639 bits per heavy atom. The standard InChI is InChI=1S/C89H163NO18/c1-3-5-7-9-11-13-15-17-19-21-23-25-27-29-31-33-34-35-36-37-38-39-41-43-45-47-49-51-53-55-57-59-61-63-65-67-77(95)90-72(73(94)66-64-62-60-58-56-54-52-50-48-46-44-42-40-32-30-28-26-24-22-20-18-16-14-12-10-8-6-4-2)71-103-87-83(101)80(98)85(75(69-92)105-87)108-89-84(102)81(99)86(76(70-93)106-89)107-88-82(100)79(97)78(96)74(68-91)104-88/h5,7,11,13,17,19,23,25,29,31,72-76,78-89,91-94,96-102H,3-4,6,8-10,12,14-16,18,20-22,24,26-28,30,32-71H2,1-2H3,(H,90,95)/b7-5-,13-11-,19-17-,25-23-,31-29-. The van der Waals surface area contributed by atoms with Gasteiger partial charge in [0.25, 0.3) is 0 Å². The normalized spacial score (nSPS) is 25.7. The van der Waals surface area contributed by atoms with Crippen molar-refractivity contribution in [3.05, 3.63) is 60.8 Å². The monoisotopic (exact) mass is 1530 g/mol. The summed E-state index contributed by atoms with van der Waals surface area (Å²) in [6, 6.07) is -0.890. The molecule has 108 heavy (non-hydrogen) atoms. The number of ether oxygens (including phenoxy) is 6. The number of hydrogen-bond acceptors (Lipinski definition) is 18. The van der Waals surface area contributed by atoms with Gasteiger partial charge in [0, 0.05) is 6.42 Å². The fourth-order valence-corrected chi connectivity index (χ4v) is 15.1.